The van der Waals surface area contributed by atoms with Crippen molar-refractivity contribution < 1.29 is 23.8 Å². The first kappa shape index (κ1) is 23.2. The minimum atomic E-state index is -0.839. The summed E-state index contributed by atoms with van der Waals surface area (Å²) in [5, 5.41) is 11.5. The van der Waals surface area contributed by atoms with E-state index in [1.165, 1.54) is 11.2 Å². The number of aliphatic hydroxyl groups is 1. The first-order valence-electron chi connectivity index (χ1n) is 11.5. The molecule has 8 nitrogen and oxygen atoms in total. The number of hydrogen-bond acceptors (Lipinski definition) is 6. The Bertz CT molecular complexity index is 1500. The van der Waals surface area contributed by atoms with Crippen LogP contribution in [0.4, 0.5) is 0 Å². The number of carbonyl (C=O) groups excluding carboxylic acids is 2. The largest absolute Gasteiger partial charge is 0.505 e. The molecule has 0 saturated carbocycles. The number of ether oxygens (including phenoxy) is 1. The Balaban J connectivity index is 1.66. The fraction of sp³-hybridized carbons (Fsp3) is 0.179. The number of carbonyl (C=O) groups is 2. The summed E-state index contributed by atoms with van der Waals surface area (Å²) in [6.45, 7) is 7.80. The second-order valence-electron chi connectivity index (χ2n) is 8.61. The van der Waals surface area contributed by atoms with Crippen molar-refractivity contribution in [3.63, 3.8) is 0 Å². The molecule has 4 heterocycles. The lowest BCUT2D eigenvalue weighted by molar-refractivity contribution is -0.140. The predicted molar refractivity (Wildman–Crippen MR) is 133 cm³/mol. The van der Waals surface area contributed by atoms with Crippen LogP contribution in [-0.2, 0) is 16.1 Å². The van der Waals surface area contributed by atoms with Crippen LogP contribution in [0, 0.1) is 13.8 Å². The molecule has 1 unspecified atom stereocenters. The lowest BCUT2D eigenvalue weighted by atomic mass is 9.96. The number of likely N-dealkylation sites (tertiary alicyclic amines) is 1. The van der Waals surface area contributed by atoms with Crippen molar-refractivity contribution in [1.29, 1.82) is 0 Å². The molecule has 1 saturated heterocycles. The van der Waals surface area contributed by atoms with Gasteiger partial charge < -0.3 is 23.6 Å². The number of pyridine rings is 1. The van der Waals surface area contributed by atoms with Gasteiger partial charge in [-0.1, -0.05) is 30.9 Å². The van der Waals surface area contributed by atoms with E-state index >= 15 is 0 Å². The summed E-state index contributed by atoms with van der Waals surface area (Å²) in [4.78, 5) is 32.6. The van der Waals surface area contributed by atoms with E-state index in [0.29, 0.717) is 35.0 Å². The van der Waals surface area contributed by atoms with Gasteiger partial charge in [-0.25, -0.2) is 4.98 Å². The monoisotopic (exact) mass is 483 g/mol. The van der Waals surface area contributed by atoms with Crippen molar-refractivity contribution in [1.82, 2.24) is 14.3 Å². The van der Waals surface area contributed by atoms with Gasteiger partial charge in [-0.15, -0.1) is 0 Å². The Morgan fingerprint density at radius 2 is 1.94 bits per heavy atom. The number of ketones is 1. The molecule has 0 aliphatic carbocycles. The third-order valence-electron chi connectivity index (χ3n) is 6.32. The van der Waals surface area contributed by atoms with Crippen molar-refractivity contribution in [2.24, 2.45) is 0 Å². The van der Waals surface area contributed by atoms with E-state index in [1.54, 1.807) is 42.5 Å². The zero-order valence-corrected chi connectivity index (χ0v) is 20.0. The van der Waals surface area contributed by atoms with E-state index in [9.17, 15) is 14.7 Å². The summed E-state index contributed by atoms with van der Waals surface area (Å²) in [6.07, 6.45) is 5.00. The van der Waals surface area contributed by atoms with E-state index in [0.717, 1.165) is 5.56 Å². The molecule has 182 valence electrons. The number of aliphatic hydroxyl groups excluding tert-OH is 1. The SMILES string of the molecule is C=CCOc1ccc(C2C(=C(O)c3nc4c(C)cccn4c3C)C(=O)C(=O)N2Cc2ccco2)cc1. The molecule has 5 rings (SSSR count). The fourth-order valence-electron chi connectivity index (χ4n) is 4.54. The number of amides is 1. The molecule has 0 bridgehead atoms. The molecule has 1 aromatic carbocycles. The summed E-state index contributed by atoms with van der Waals surface area (Å²) in [5.74, 6) is -0.666. The molecule has 36 heavy (non-hydrogen) atoms. The van der Waals surface area contributed by atoms with Crippen molar-refractivity contribution >= 4 is 23.1 Å². The molecule has 1 amide bonds. The number of hydrogen-bond donors (Lipinski definition) is 1. The van der Waals surface area contributed by atoms with Crippen LogP contribution >= 0.6 is 0 Å². The summed E-state index contributed by atoms with van der Waals surface area (Å²) >= 11 is 0. The van der Waals surface area contributed by atoms with E-state index in [4.69, 9.17) is 9.15 Å². The lowest BCUT2D eigenvalue weighted by Crippen LogP contribution is -2.29. The van der Waals surface area contributed by atoms with Crippen molar-refractivity contribution in [2.45, 2.75) is 26.4 Å². The molecule has 8 heteroatoms. The van der Waals surface area contributed by atoms with E-state index in [-0.39, 0.29) is 23.6 Å². The Hall–Kier alpha value is -4.59. The smallest absolute Gasteiger partial charge is 0.296 e. The van der Waals surface area contributed by atoms with Gasteiger partial charge >= 0.3 is 0 Å². The zero-order chi connectivity index (χ0) is 25.4. The second-order valence-corrected chi connectivity index (χ2v) is 8.61. The van der Waals surface area contributed by atoms with Crippen LogP contribution in [0.25, 0.3) is 11.4 Å². The first-order chi connectivity index (χ1) is 17.4. The van der Waals surface area contributed by atoms with E-state index in [2.05, 4.69) is 11.6 Å². The number of fused-ring (bicyclic) bond motifs is 1. The van der Waals surface area contributed by atoms with Gasteiger partial charge in [0, 0.05) is 6.20 Å². The molecule has 1 N–H and O–H groups in total. The van der Waals surface area contributed by atoms with Gasteiger partial charge in [0.25, 0.3) is 11.7 Å². The summed E-state index contributed by atoms with van der Waals surface area (Å²) < 4.78 is 12.9. The van der Waals surface area contributed by atoms with Crippen LogP contribution < -0.4 is 4.74 Å². The topological polar surface area (TPSA) is 97.3 Å². The van der Waals surface area contributed by atoms with Gasteiger partial charge in [-0.05, 0) is 55.3 Å². The average Bonchev–Trinajstić information content (AvgIpc) is 3.58. The van der Waals surface area contributed by atoms with Crippen molar-refractivity contribution in [2.75, 3.05) is 6.61 Å². The summed E-state index contributed by atoms with van der Waals surface area (Å²) in [5.41, 5.74) is 3.14. The maximum Gasteiger partial charge on any atom is 0.296 e. The van der Waals surface area contributed by atoms with Gasteiger partial charge in [-0.2, -0.15) is 0 Å². The number of benzene rings is 1. The number of aryl methyl sites for hydroxylation is 2. The summed E-state index contributed by atoms with van der Waals surface area (Å²) in [6, 6.07) is 13.5. The average molecular weight is 484 g/mol. The Morgan fingerprint density at radius 3 is 2.61 bits per heavy atom. The van der Waals surface area contributed by atoms with Crippen LogP contribution in [0.3, 0.4) is 0 Å². The van der Waals surface area contributed by atoms with Gasteiger partial charge in [-0.3, -0.25) is 9.59 Å². The van der Waals surface area contributed by atoms with Crippen LogP contribution in [0.1, 0.15) is 34.3 Å². The quantitative estimate of drug-likeness (QED) is 0.177. The number of Topliss-reactive ketones (excluding diaryl/α,β-unsaturated/α-hetero) is 1. The normalized spacial score (nSPS) is 17.2. The van der Waals surface area contributed by atoms with Crippen LogP contribution in [0.5, 0.6) is 5.75 Å². The highest BCUT2D eigenvalue weighted by Crippen LogP contribution is 2.41. The molecule has 1 aliphatic heterocycles. The minimum Gasteiger partial charge on any atom is -0.505 e. The Morgan fingerprint density at radius 1 is 1.17 bits per heavy atom. The third kappa shape index (κ3) is 3.86. The maximum atomic E-state index is 13.3. The van der Waals surface area contributed by atoms with Crippen molar-refractivity contribution in [3.05, 3.63) is 107 Å². The van der Waals surface area contributed by atoms with Crippen LogP contribution in [0.2, 0.25) is 0 Å². The fourth-order valence-corrected chi connectivity index (χ4v) is 4.54. The number of aromatic nitrogens is 2. The number of furan rings is 1. The molecule has 0 spiro atoms. The Kier molecular flexibility index (Phi) is 5.93. The number of nitrogens with zero attached hydrogens (tertiary/aromatic N) is 3. The first-order valence-corrected chi connectivity index (χ1v) is 11.5. The molecule has 1 atom stereocenters. The van der Waals surface area contributed by atoms with Gasteiger partial charge in [0.1, 0.15) is 29.5 Å². The second kappa shape index (κ2) is 9.22. The minimum absolute atomic E-state index is 0.0181. The number of rotatable bonds is 7. The molecule has 1 aliphatic rings. The zero-order valence-electron chi connectivity index (χ0n) is 20.0. The molecule has 3 aromatic heterocycles. The molecule has 4 aromatic rings. The molecular formula is C28H25N3O5. The lowest BCUT2D eigenvalue weighted by Gasteiger charge is -2.24. The third-order valence-corrected chi connectivity index (χ3v) is 6.32. The number of imidazole rings is 1. The van der Waals surface area contributed by atoms with Crippen LogP contribution in [-0.4, -0.2) is 37.7 Å². The highest BCUT2D eigenvalue weighted by Gasteiger charge is 2.47. The highest BCUT2D eigenvalue weighted by atomic mass is 16.5. The van der Waals surface area contributed by atoms with Gasteiger partial charge in [0.15, 0.2) is 5.76 Å². The predicted octanol–water partition coefficient (Wildman–Crippen LogP) is 4.73. The van der Waals surface area contributed by atoms with E-state index in [1.807, 2.05) is 36.6 Å². The van der Waals surface area contributed by atoms with Gasteiger partial charge in [0.2, 0.25) is 0 Å². The highest BCUT2D eigenvalue weighted by molar-refractivity contribution is 6.46. The van der Waals surface area contributed by atoms with Crippen LogP contribution in [0.15, 0.2) is 83.6 Å². The van der Waals surface area contributed by atoms with Gasteiger partial charge in [0.05, 0.1) is 30.1 Å². The standard InChI is InChI=1S/C28H25N3O5/c1-4-14-35-20-11-9-19(10-12-20)24-22(26(33)28(34)31(24)16-21-8-6-15-36-21)25(32)23-18(3)30-13-5-7-17(2)27(30)29-23/h4-13,15,24,32H,1,14,16H2,2-3H3. The van der Waals surface area contributed by atoms with Crippen molar-refractivity contribution in [3.8, 4) is 5.75 Å². The maximum absolute atomic E-state index is 13.3. The molecular weight excluding hydrogens is 458 g/mol. The molecule has 1 fully saturated rings. The molecule has 0 radical (unpaired) electrons. The van der Waals surface area contributed by atoms with E-state index < -0.39 is 17.7 Å². The summed E-state index contributed by atoms with van der Waals surface area (Å²) in [7, 11) is 0. The Labute approximate surface area is 207 Å².